The lowest BCUT2D eigenvalue weighted by molar-refractivity contribution is -0.122. The first-order valence-electron chi connectivity index (χ1n) is 11.5. The zero-order chi connectivity index (χ0) is 24.8. The summed E-state index contributed by atoms with van der Waals surface area (Å²) in [7, 11) is 3.21. The summed E-state index contributed by atoms with van der Waals surface area (Å²) in [5, 5.41) is 5.74. The molecule has 1 aliphatic rings. The predicted octanol–water partition coefficient (Wildman–Crippen LogP) is 3.46. The number of ether oxygens (including phenoxy) is 2. The number of hydrogen-bond donors (Lipinski definition) is 2. The number of fused-ring (bicyclic) bond motifs is 1. The van der Waals surface area contributed by atoms with Crippen molar-refractivity contribution in [1.82, 2.24) is 20.5 Å². The van der Waals surface area contributed by atoms with Crippen molar-refractivity contribution in [3.63, 3.8) is 0 Å². The highest BCUT2D eigenvalue weighted by Crippen LogP contribution is 2.41. The van der Waals surface area contributed by atoms with Crippen molar-refractivity contribution < 1.29 is 19.1 Å². The third kappa shape index (κ3) is 5.37. The number of methoxy groups -OCH3 is 2. The van der Waals surface area contributed by atoms with Gasteiger partial charge in [0.25, 0.3) is 0 Å². The molecule has 2 N–H and O–H groups in total. The van der Waals surface area contributed by atoms with E-state index < -0.39 is 6.04 Å². The minimum Gasteiger partial charge on any atom is -0.493 e. The molecule has 3 amide bonds. The van der Waals surface area contributed by atoms with E-state index in [0.29, 0.717) is 31.0 Å². The van der Waals surface area contributed by atoms with E-state index in [4.69, 9.17) is 9.47 Å². The van der Waals surface area contributed by atoms with Gasteiger partial charge < -0.3 is 25.0 Å². The second kappa shape index (κ2) is 10.9. The molecule has 8 nitrogen and oxygen atoms in total. The molecule has 0 saturated carbocycles. The fourth-order valence-corrected chi connectivity index (χ4v) is 4.34. The fourth-order valence-electron chi connectivity index (χ4n) is 4.34. The molecule has 35 heavy (non-hydrogen) atoms. The average molecular weight is 475 g/mol. The van der Waals surface area contributed by atoms with Crippen LogP contribution in [0.1, 0.15) is 35.2 Å². The van der Waals surface area contributed by atoms with Crippen LogP contribution in [0.15, 0.2) is 67.0 Å². The maximum Gasteiger partial charge on any atom is 0.318 e. The molecule has 4 rings (SSSR count). The molecule has 0 radical (unpaired) electrons. The summed E-state index contributed by atoms with van der Waals surface area (Å²) < 4.78 is 11.0. The third-order valence-electron chi connectivity index (χ3n) is 6.20. The SMILES string of the molecule is COc1cc2c(cc1OC)[C@H](c1ccccc1)N(C(=O)N[C@@H](C)C(=O)NCc1ccncc1)CC2. The lowest BCUT2D eigenvalue weighted by Crippen LogP contribution is -2.52. The van der Waals surface area contributed by atoms with Gasteiger partial charge in [0.2, 0.25) is 5.91 Å². The molecule has 2 heterocycles. The van der Waals surface area contributed by atoms with E-state index >= 15 is 0 Å². The van der Waals surface area contributed by atoms with E-state index in [1.807, 2.05) is 54.6 Å². The summed E-state index contributed by atoms with van der Waals surface area (Å²) in [5.74, 6) is 1.02. The molecule has 2 aromatic carbocycles. The summed E-state index contributed by atoms with van der Waals surface area (Å²) in [5.41, 5.74) is 3.99. The topological polar surface area (TPSA) is 92.8 Å². The number of benzene rings is 2. The largest absolute Gasteiger partial charge is 0.493 e. The number of hydrogen-bond acceptors (Lipinski definition) is 5. The maximum absolute atomic E-state index is 13.4. The number of aromatic nitrogens is 1. The number of nitrogens with one attached hydrogen (secondary N) is 2. The average Bonchev–Trinajstić information content (AvgIpc) is 2.91. The standard InChI is InChI=1S/C27H30N4O4/c1-18(26(32)29-17-19-9-12-28-13-10-19)30-27(33)31-14-11-21-15-23(34-2)24(35-3)16-22(21)25(31)20-7-5-4-6-8-20/h4-10,12-13,15-16,18,25H,11,14,17H2,1-3H3,(H,29,32)(H,30,33)/t18-,25-/m0/s1. The van der Waals surface area contributed by atoms with Crippen molar-refractivity contribution in [2.45, 2.75) is 32.0 Å². The van der Waals surface area contributed by atoms with Crippen molar-refractivity contribution in [1.29, 1.82) is 0 Å². The molecule has 2 atom stereocenters. The summed E-state index contributed by atoms with van der Waals surface area (Å²) in [6, 6.07) is 16.1. The Hall–Kier alpha value is -4.07. The Kier molecular flexibility index (Phi) is 7.50. The van der Waals surface area contributed by atoms with Gasteiger partial charge in [-0.3, -0.25) is 9.78 Å². The molecule has 0 saturated heterocycles. The zero-order valence-electron chi connectivity index (χ0n) is 20.2. The van der Waals surface area contributed by atoms with E-state index in [-0.39, 0.29) is 18.0 Å². The fraction of sp³-hybridized carbons (Fsp3) is 0.296. The summed E-state index contributed by atoms with van der Waals surface area (Å²) >= 11 is 0. The molecule has 0 bridgehead atoms. The molecule has 0 aliphatic carbocycles. The normalized spacial score (nSPS) is 15.5. The van der Waals surface area contributed by atoms with Crippen LogP contribution in [0, 0.1) is 0 Å². The molecule has 0 fully saturated rings. The number of pyridine rings is 1. The first-order valence-corrected chi connectivity index (χ1v) is 11.5. The molecular formula is C27H30N4O4. The Morgan fingerprint density at radius 1 is 1.06 bits per heavy atom. The van der Waals surface area contributed by atoms with Gasteiger partial charge in [-0.25, -0.2) is 4.79 Å². The zero-order valence-corrected chi connectivity index (χ0v) is 20.2. The number of carbonyl (C=O) groups is 2. The van der Waals surface area contributed by atoms with Gasteiger partial charge in [-0.15, -0.1) is 0 Å². The predicted molar refractivity (Wildman–Crippen MR) is 132 cm³/mol. The minimum atomic E-state index is -0.701. The van der Waals surface area contributed by atoms with Gasteiger partial charge in [0.05, 0.1) is 20.3 Å². The summed E-state index contributed by atoms with van der Waals surface area (Å²) in [4.78, 5) is 31.8. The highest BCUT2D eigenvalue weighted by atomic mass is 16.5. The minimum absolute atomic E-state index is 0.254. The van der Waals surface area contributed by atoms with Crippen LogP contribution in [-0.4, -0.2) is 48.6 Å². The molecule has 0 unspecified atom stereocenters. The van der Waals surface area contributed by atoms with Gasteiger partial charge in [0.1, 0.15) is 6.04 Å². The van der Waals surface area contributed by atoms with Crippen LogP contribution < -0.4 is 20.1 Å². The van der Waals surface area contributed by atoms with Gasteiger partial charge >= 0.3 is 6.03 Å². The highest BCUT2D eigenvalue weighted by Gasteiger charge is 2.34. The van der Waals surface area contributed by atoms with E-state index in [1.165, 1.54) is 0 Å². The van der Waals surface area contributed by atoms with E-state index in [1.54, 1.807) is 38.4 Å². The summed E-state index contributed by atoms with van der Waals surface area (Å²) in [6.45, 7) is 2.55. The van der Waals surface area contributed by atoms with Crippen LogP contribution >= 0.6 is 0 Å². The second-order valence-electron chi connectivity index (χ2n) is 8.41. The van der Waals surface area contributed by atoms with Gasteiger partial charge in [-0.2, -0.15) is 0 Å². The molecule has 182 valence electrons. The Labute approximate surface area is 205 Å². The van der Waals surface area contributed by atoms with Crippen LogP contribution in [-0.2, 0) is 17.8 Å². The van der Waals surface area contributed by atoms with Crippen molar-refractivity contribution in [3.8, 4) is 11.5 Å². The first-order chi connectivity index (χ1) is 17.0. The van der Waals surface area contributed by atoms with Crippen molar-refractivity contribution in [2.24, 2.45) is 0 Å². The lowest BCUT2D eigenvalue weighted by atomic mass is 9.88. The van der Waals surface area contributed by atoms with Gasteiger partial charge in [0.15, 0.2) is 11.5 Å². The van der Waals surface area contributed by atoms with Crippen LogP contribution in [0.2, 0.25) is 0 Å². The van der Waals surface area contributed by atoms with Crippen LogP contribution in [0.5, 0.6) is 11.5 Å². The van der Waals surface area contributed by atoms with Crippen LogP contribution in [0.4, 0.5) is 4.79 Å². The molecule has 1 aromatic heterocycles. The quantitative estimate of drug-likeness (QED) is 0.547. The number of rotatable bonds is 7. The second-order valence-corrected chi connectivity index (χ2v) is 8.41. The highest BCUT2D eigenvalue weighted by molar-refractivity contribution is 5.87. The van der Waals surface area contributed by atoms with Gasteiger partial charge in [-0.1, -0.05) is 30.3 Å². The Morgan fingerprint density at radius 2 is 1.74 bits per heavy atom. The van der Waals surface area contributed by atoms with Crippen molar-refractivity contribution in [2.75, 3.05) is 20.8 Å². The van der Waals surface area contributed by atoms with Crippen LogP contribution in [0.25, 0.3) is 0 Å². The van der Waals surface area contributed by atoms with Gasteiger partial charge in [0, 0.05) is 25.5 Å². The Bertz CT molecular complexity index is 1170. The van der Waals surface area contributed by atoms with Crippen LogP contribution in [0.3, 0.4) is 0 Å². The third-order valence-corrected chi connectivity index (χ3v) is 6.20. The van der Waals surface area contributed by atoms with E-state index in [0.717, 1.165) is 22.3 Å². The number of urea groups is 1. The van der Waals surface area contributed by atoms with E-state index in [9.17, 15) is 9.59 Å². The Morgan fingerprint density at radius 3 is 2.43 bits per heavy atom. The maximum atomic E-state index is 13.4. The molecule has 8 heteroatoms. The first kappa shape index (κ1) is 24.1. The van der Waals surface area contributed by atoms with Gasteiger partial charge in [-0.05, 0) is 59.9 Å². The van der Waals surface area contributed by atoms with E-state index in [2.05, 4.69) is 15.6 Å². The molecular weight excluding hydrogens is 444 g/mol. The van der Waals surface area contributed by atoms with Crippen molar-refractivity contribution >= 4 is 11.9 Å². The number of nitrogens with zero attached hydrogens (tertiary/aromatic N) is 2. The van der Waals surface area contributed by atoms with Crippen molar-refractivity contribution in [3.05, 3.63) is 89.2 Å². The molecule has 3 aromatic rings. The molecule has 1 aliphatic heterocycles. The lowest BCUT2D eigenvalue weighted by Gasteiger charge is -2.38. The monoisotopic (exact) mass is 474 g/mol. The number of amides is 3. The Balaban J connectivity index is 1.55. The smallest absolute Gasteiger partial charge is 0.318 e. The molecule has 0 spiro atoms. The summed E-state index contributed by atoms with van der Waals surface area (Å²) in [6.07, 6.45) is 4.01. The number of carbonyl (C=O) groups excluding carboxylic acids is 2.